The van der Waals surface area contributed by atoms with Crippen LogP contribution in [0.15, 0.2) is 47.7 Å². The molecule has 3 rings (SSSR count). The Morgan fingerprint density at radius 3 is 2.56 bits per heavy atom. The van der Waals surface area contributed by atoms with E-state index in [-0.39, 0.29) is 24.0 Å². The van der Waals surface area contributed by atoms with Crippen molar-refractivity contribution in [3.05, 3.63) is 48.3 Å². The Morgan fingerprint density at radius 2 is 1.96 bits per heavy atom. The number of ether oxygens (including phenoxy) is 1. The summed E-state index contributed by atoms with van der Waals surface area (Å²) in [6.45, 7) is 7.25. The molecule has 2 aromatic heterocycles. The Kier molecular flexibility index (Phi) is 8.56. The van der Waals surface area contributed by atoms with Gasteiger partial charge in [0, 0.05) is 51.2 Å². The number of methoxy groups -OCH3 is 1. The van der Waals surface area contributed by atoms with Gasteiger partial charge in [-0.05, 0) is 24.6 Å². The van der Waals surface area contributed by atoms with E-state index >= 15 is 0 Å². The molecule has 0 aromatic carbocycles. The van der Waals surface area contributed by atoms with Gasteiger partial charge in [-0.15, -0.1) is 24.0 Å². The molecule has 1 N–H and O–H groups in total. The molecule has 0 atom stereocenters. The fourth-order valence-corrected chi connectivity index (χ4v) is 2.91. The number of pyridine rings is 2. The monoisotopic (exact) mass is 482 g/mol. The zero-order valence-electron chi connectivity index (χ0n) is 15.8. The predicted octanol–water partition coefficient (Wildman–Crippen LogP) is 2.39. The van der Waals surface area contributed by atoms with Crippen molar-refractivity contribution >= 4 is 35.8 Å². The van der Waals surface area contributed by atoms with Crippen molar-refractivity contribution in [2.75, 3.05) is 44.7 Å². The molecule has 0 unspecified atom stereocenters. The number of nitrogens with one attached hydrogen (secondary N) is 1. The zero-order chi connectivity index (χ0) is 18.2. The zero-order valence-corrected chi connectivity index (χ0v) is 18.2. The Morgan fingerprint density at radius 1 is 1.15 bits per heavy atom. The molecule has 0 bridgehead atoms. The van der Waals surface area contributed by atoms with Gasteiger partial charge in [-0.25, -0.2) is 15.0 Å². The number of piperazine rings is 1. The Labute approximate surface area is 177 Å². The number of hydrogen-bond donors (Lipinski definition) is 1. The highest BCUT2D eigenvalue weighted by Crippen LogP contribution is 2.13. The minimum atomic E-state index is 0. The van der Waals surface area contributed by atoms with E-state index in [9.17, 15) is 0 Å². The summed E-state index contributed by atoms with van der Waals surface area (Å²) in [4.78, 5) is 18.1. The summed E-state index contributed by atoms with van der Waals surface area (Å²) >= 11 is 0. The van der Waals surface area contributed by atoms with Gasteiger partial charge in [-0.1, -0.05) is 12.1 Å². The first-order valence-electron chi connectivity index (χ1n) is 8.98. The van der Waals surface area contributed by atoms with Crippen LogP contribution in [-0.2, 0) is 6.54 Å². The minimum Gasteiger partial charge on any atom is -0.481 e. The van der Waals surface area contributed by atoms with E-state index in [1.54, 1.807) is 7.11 Å². The van der Waals surface area contributed by atoms with Gasteiger partial charge in [0.1, 0.15) is 5.82 Å². The fourth-order valence-electron chi connectivity index (χ4n) is 2.91. The standard InChI is InChI=1S/C19H26N6O.HI/c1-3-20-19(23-15-16-7-8-18(26-2)22-14-16)25-12-10-24(11-13-25)17-6-4-5-9-21-17;/h4-9,14H,3,10-13,15H2,1-2H3,(H,20,23);1H. The van der Waals surface area contributed by atoms with Crippen LogP contribution in [0.5, 0.6) is 5.88 Å². The van der Waals surface area contributed by atoms with Crippen LogP contribution in [0.2, 0.25) is 0 Å². The average Bonchev–Trinajstić information content (AvgIpc) is 2.72. The first-order chi connectivity index (χ1) is 12.8. The molecule has 0 aliphatic carbocycles. The maximum absolute atomic E-state index is 5.10. The van der Waals surface area contributed by atoms with Crippen LogP contribution >= 0.6 is 24.0 Å². The summed E-state index contributed by atoms with van der Waals surface area (Å²) in [6.07, 6.45) is 3.65. The largest absolute Gasteiger partial charge is 0.481 e. The molecule has 0 saturated carbocycles. The summed E-state index contributed by atoms with van der Waals surface area (Å²) < 4.78 is 5.10. The van der Waals surface area contributed by atoms with Crippen molar-refractivity contribution in [1.29, 1.82) is 0 Å². The van der Waals surface area contributed by atoms with Gasteiger partial charge in [0.15, 0.2) is 5.96 Å². The van der Waals surface area contributed by atoms with Crippen LogP contribution < -0.4 is 15.0 Å². The van der Waals surface area contributed by atoms with Crippen LogP contribution in [-0.4, -0.2) is 60.7 Å². The number of anilines is 1. The Bertz CT molecular complexity index is 702. The number of rotatable bonds is 5. The third-order valence-electron chi connectivity index (χ3n) is 4.31. The van der Waals surface area contributed by atoms with Crippen LogP contribution in [0.1, 0.15) is 12.5 Å². The molecular weight excluding hydrogens is 455 g/mol. The van der Waals surface area contributed by atoms with E-state index in [4.69, 9.17) is 9.73 Å². The highest BCUT2D eigenvalue weighted by Gasteiger charge is 2.20. The number of aliphatic imine (C=N–C) groups is 1. The molecule has 1 aliphatic heterocycles. The van der Waals surface area contributed by atoms with Crippen molar-refractivity contribution in [2.24, 2.45) is 4.99 Å². The van der Waals surface area contributed by atoms with E-state index in [2.05, 4.69) is 38.1 Å². The Balaban J connectivity index is 0.00000261. The van der Waals surface area contributed by atoms with E-state index in [1.165, 1.54) is 0 Å². The van der Waals surface area contributed by atoms with Crippen molar-refractivity contribution in [2.45, 2.75) is 13.5 Å². The second kappa shape index (κ2) is 10.9. The maximum Gasteiger partial charge on any atom is 0.212 e. The van der Waals surface area contributed by atoms with Crippen LogP contribution in [0, 0.1) is 0 Å². The number of nitrogens with zero attached hydrogens (tertiary/aromatic N) is 5. The normalized spacial score (nSPS) is 14.5. The van der Waals surface area contributed by atoms with E-state index < -0.39 is 0 Å². The lowest BCUT2D eigenvalue weighted by molar-refractivity contribution is 0.371. The van der Waals surface area contributed by atoms with Crippen molar-refractivity contribution in [3.8, 4) is 5.88 Å². The number of aromatic nitrogens is 2. The Hall–Kier alpha value is -2.10. The second-order valence-electron chi connectivity index (χ2n) is 6.04. The van der Waals surface area contributed by atoms with Gasteiger partial charge in [-0.3, -0.25) is 0 Å². The molecule has 0 radical (unpaired) electrons. The third kappa shape index (κ3) is 5.95. The number of halogens is 1. The average molecular weight is 482 g/mol. The molecule has 0 spiro atoms. The van der Waals surface area contributed by atoms with Gasteiger partial charge in [-0.2, -0.15) is 0 Å². The highest BCUT2D eigenvalue weighted by atomic mass is 127. The van der Waals surface area contributed by atoms with Crippen molar-refractivity contribution in [3.63, 3.8) is 0 Å². The summed E-state index contributed by atoms with van der Waals surface area (Å²) in [5.74, 6) is 2.61. The lowest BCUT2D eigenvalue weighted by Crippen LogP contribution is -2.52. The smallest absolute Gasteiger partial charge is 0.212 e. The molecule has 1 fully saturated rings. The second-order valence-corrected chi connectivity index (χ2v) is 6.04. The molecule has 7 nitrogen and oxygen atoms in total. The van der Waals surface area contributed by atoms with Crippen molar-refractivity contribution in [1.82, 2.24) is 20.2 Å². The molecule has 146 valence electrons. The summed E-state index contributed by atoms with van der Waals surface area (Å²) in [7, 11) is 1.62. The molecule has 1 aliphatic rings. The summed E-state index contributed by atoms with van der Waals surface area (Å²) in [5, 5.41) is 3.40. The van der Waals surface area contributed by atoms with Crippen LogP contribution in [0.25, 0.3) is 0 Å². The van der Waals surface area contributed by atoms with E-state index in [1.807, 2.05) is 36.7 Å². The lowest BCUT2D eigenvalue weighted by atomic mass is 10.3. The quantitative estimate of drug-likeness (QED) is 0.401. The molecule has 3 heterocycles. The molecule has 0 amide bonds. The third-order valence-corrected chi connectivity index (χ3v) is 4.31. The van der Waals surface area contributed by atoms with Gasteiger partial charge < -0.3 is 19.9 Å². The van der Waals surface area contributed by atoms with Crippen molar-refractivity contribution < 1.29 is 4.74 Å². The highest BCUT2D eigenvalue weighted by molar-refractivity contribution is 14.0. The number of guanidine groups is 1. The van der Waals surface area contributed by atoms with Gasteiger partial charge >= 0.3 is 0 Å². The summed E-state index contributed by atoms with van der Waals surface area (Å²) in [6, 6.07) is 9.90. The molecule has 27 heavy (non-hydrogen) atoms. The summed E-state index contributed by atoms with van der Waals surface area (Å²) in [5.41, 5.74) is 1.06. The maximum atomic E-state index is 5.10. The predicted molar refractivity (Wildman–Crippen MR) is 119 cm³/mol. The molecular formula is C19H27IN6O. The topological polar surface area (TPSA) is 65.9 Å². The first-order valence-corrected chi connectivity index (χ1v) is 8.98. The molecule has 8 heteroatoms. The van der Waals surface area contributed by atoms with Gasteiger partial charge in [0.05, 0.1) is 13.7 Å². The first kappa shape index (κ1) is 21.2. The van der Waals surface area contributed by atoms with Gasteiger partial charge in [0.25, 0.3) is 0 Å². The van der Waals surface area contributed by atoms with E-state index in [0.29, 0.717) is 12.4 Å². The van der Waals surface area contributed by atoms with Crippen LogP contribution in [0.3, 0.4) is 0 Å². The van der Waals surface area contributed by atoms with Crippen LogP contribution in [0.4, 0.5) is 5.82 Å². The fraction of sp³-hybridized carbons (Fsp3) is 0.421. The van der Waals surface area contributed by atoms with E-state index in [0.717, 1.165) is 50.1 Å². The minimum absolute atomic E-state index is 0. The molecule has 1 saturated heterocycles. The number of hydrogen-bond acceptors (Lipinski definition) is 5. The lowest BCUT2D eigenvalue weighted by Gasteiger charge is -2.37. The van der Waals surface area contributed by atoms with Gasteiger partial charge in [0.2, 0.25) is 5.88 Å². The molecule has 2 aromatic rings. The SMILES string of the molecule is CCNC(=NCc1ccc(OC)nc1)N1CCN(c2ccccn2)CC1.I.